The fraction of sp³-hybridized carbons (Fsp3) is 0.308. The Morgan fingerprint density at radius 1 is 1.50 bits per heavy atom. The first-order valence-corrected chi connectivity index (χ1v) is 6.34. The van der Waals surface area contributed by atoms with E-state index >= 15 is 0 Å². The van der Waals surface area contributed by atoms with Crippen molar-refractivity contribution in [2.24, 2.45) is 0 Å². The average molecular weight is 303 g/mol. The molecule has 9 heteroatoms. The monoisotopic (exact) mass is 303 g/mol. The van der Waals surface area contributed by atoms with Crippen LogP contribution in [0.4, 0.5) is 5.82 Å². The van der Waals surface area contributed by atoms with E-state index in [1.165, 1.54) is 23.8 Å². The van der Waals surface area contributed by atoms with Crippen LogP contribution in [0.15, 0.2) is 30.0 Å². The van der Waals surface area contributed by atoms with Crippen LogP contribution in [-0.4, -0.2) is 42.1 Å². The molecule has 22 heavy (non-hydrogen) atoms. The molecule has 0 saturated heterocycles. The highest BCUT2D eigenvalue weighted by molar-refractivity contribution is 5.66. The number of anilines is 1. The lowest BCUT2D eigenvalue weighted by Gasteiger charge is -2.32. The Labute approximate surface area is 124 Å². The van der Waals surface area contributed by atoms with E-state index < -0.39 is 23.6 Å². The van der Waals surface area contributed by atoms with Crippen molar-refractivity contribution in [3.63, 3.8) is 0 Å². The SMILES string of the molecule is C[C@@]1(O)C(O)=C(CO)O[C@@]1(C#N)c1ccc2c(N)ncnn12. The van der Waals surface area contributed by atoms with E-state index in [0.29, 0.717) is 5.52 Å². The van der Waals surface area contributed by atoms with Gasteiger partial charge in [-0.1, -0.05) is 0 Å². The third-order valence-electron chi connectivity index (χ3n) is 3.83. The van der Waals surface area contributed by atoms with Crippen molar-refractivity contribution in [1.29, 1.82) is 5.26 Å². The minimum atomic E-state index is -2.08. The molecule has 0 aromatic carbocycles. The smallest absolute Gasteiger partial charge is 0.271 e. The summed E-state index contributed by atoms with van der Waals surface area (Å²) in [6.45, 7) is 0.560. The Hall–Kier alpha value is -2.83. The van der Waals surface area contributed by atoms with Gasteiger partial charge in [-0.15, -0.1) is 0 Å². The number of nitrogens with two attached hydrogens (primary N) is 1. The van der Waals surface area contributed by atoms with Gasteiger partial charge in [0.25, 0.3) is 5.60 Å². The molecule has 0 fully saturated rings. The maximum atomic E-state index is 10.6. The molecular weight excluding hydrogens is 290 g/mol. The number of fused-ring (bicyclic) bond motifs is 1. The van der Waals surface area contributed by atoms with Gasteiger partial charge >= 0.3 is 0 Å². The molecule has 9 nitrogen and oxygen atoms in total. The van der Waals surface area contributed by atoms with E-state index in [1.807, 2.05) is 6.07 Å². The van der Waals surface area contributed by atoms with E-state index in [9.17, 15) is 20.6 Å². The van der Waals surface area contributed by atoms with Crippen LogP contribution in [0.3, 0.4) is 0 Å². The molecule has 0 radical (unpaired) electrons. The second-order valence-electron chi connectivity index (χ2n) is 5.06. The number of hydrogen-bond donors (Lipinski definition) is 4. The molecule has 0 amide bonds. The van der Waals surface area contributed by atoms with Gasteiger partial charge in [-0.2, -0.15) is 10.4 Å². The normalized spacial score (nSPS) is 27.9. The van der Waals surface area contributed by atoms with Crippen LogP contribution in [0.2, 0.25) is 0 Å². The molecule has 0 unspecified atom stereocenters. The molecule has 1 aliphatic rings. The fourth-order valence-corrected chi connectivity index (χ4v) is 2.59. The third-order valence-corrected chi connectivity index (χ3v) is 3.83. The lowest BCUT2D eigenvalue weighted by molar-refractivity contribution is -0.0891. The molecule has 114 valence electrons. The topological polar surface area (TPSA) is 150 Å². The van der Waals surface area contributed by atoms with Crippen LogP contribution in [0.1, 0.15) is 12.6 Å². The molecule has 3 rings (SSSR count). The standard InChI is InChI=1S/C13H13N5O4/c1-12(21)10(20)8(4-19)22-13(12,5-14)9-3-2-7-11(15)16-6-17-18(7)9/h2-3,6,19-21H,4H2,1H3,(H2,15,16,17)/t12-,13+/m1/s1. The first-order valence-electron chi connectivity index (χ1n) is 6.34. The van der Waals surface area contributed by atoms with Gasteiger partial charge in [0.2, 0.25) is 0 Å². The number of aromatic nitrogens is 3. The quantitative estimate of drug-likeness (QED) is 0.583. The van der Waals surface area contributed by atoms with Crippen LogP contribution < -0.4 is 5.73 Å². The summed E-state index contributed by atoms with van der Waals surface area (Å²) in [4.78, 5) is 3.84. The highest BCUT2D eigenvalue weighted by Crippen LogP contribution is 2.48. The molecule has 2 aromatic heterocycles. The maximum absolute atomic E-state index is 10.6. The summed E-state index contributed by atoms with van der Waals surface area (Å²) in [7, 11) is 0. The molecule has 0 bridgehead atoms. The molecule has 0 spiro atoms. The highest BCUT2D eigenvalue weighted by atomic mass is 16.6. The molecule has 1 aliphatic heterocycles. The van der Waals surface area contributed by atoms with Crippen molar-refractivity contribution in [2.45, 2.75) is 18.1 Å². The number of ether oxygens (including phenoxy) is 1. The molecule has 2 aromatic rings. The number of nitrogens with zero attached hydrogens (tertiary/aromatic N) is 4. The summed E-state index contributed by atoms with van der Waals surface area (Å²) in [6.07, 6.45) is 1.20. The Morgan fingerprint density at radius 2 is 2.23 bits per heavy atom. The molecule has 0 saturated carbocycles. The van der Waals surface area contributed by atoms with Crippen molar-refractivity contribution in [2.75, 3.05) is 12.3 Å². The molecule has 2 atom stereocenters. The maximum Gasteiger partial charge on any atom is 0.271 e. The van der Waals surface area contributed by atoms with Crippen LogP contribution in [0.25, 0.3) is 5.52 Å². The van der Waals surface area contributed by atoms with Gasteiger partial charge in [-0.25, -0.2) is 9.50 Å². The predicted molar refractivity (Wildman–Crippen MR) is 73.1 cm³/mol. The lowest BCUT2D eigenvalue weighted by atomic mass is 9.82. The van der Waals surface area contributed by atoms with E-state index in [-0.39, 0.29) is 17.3 Å². The zero-order chi connectivity index (χ0) is 16.1. The number of nitrogen functional groups attached to an aromatic ring is 1. The lowest BCUT2D eigenvalue weighted by Crippen LogP contribution is -2.48. The van der Waals surface area contributed by atoms with E-state index in [0.717, 1.165) is 0 Å². The van der Waals surface area contributed by atoms with Gasteiger partial charge in [0, 0.05) is 0 Å². The zero-order valence-electron chi connectivity index (χ0n) is 11.6. The number of hydrogen-bond acceptors (Lipinski definition) is 8. The number of aliphatic hydroxyl groups excluding tert-OH is 2. The van der Waals surface area contributed by atoms with Crippen molar-refractivity contribution < 1.29 is 20.1 Å². The minimum Gasteiger partial charge on any atom is -0.506 e. The Balaban J connectivity index is 2.29. The number of nitriles is 1. The first kappa shape index (κ1) is 14.1. The van der Waals surface area contributed by atoms with Crippen LogP contribution in [0.5, 0.6) is 0 Å². The summed E-state index contributed by atoms with van der Waals surface area (Å²) >= 11 is 0. The second kappa shape index (κ2) is 4.33. The summed E-state index contributed by atoms with van der Waals surface area (Å²) in [5.74, 6) is -0.691. The molecule has 0 aliphatic carbocycles. The molecule has 5 N–H and O–H groups in total. The fourth-order valence-electron chi connectivity index (χ4n) is 2.59. The number of aliphatic hydroxyl groups is 3. The Morgan fingerprint density at radius 3 is 2.82 bits per heavy atom. The average Bonchev–Trinajstić information content (AvgIpc) is 3.01. The van der Waals surface area contributed by atoms with Crippen molar-refractivity contribution >= 4 is 11.3 Å². The van der Waals surface area contributed by atoms with Crippen LogP contribution >= 0.6 is 0 Å². The van der Waals surface area contributed by atoms with Gasteiger partial charge in [0.15, 0.2) is 22.9 Å². The first-order chi connectivity index (χ1) is 10.4. The molecule has 3 heterocycles. The Bertz CT molecular complexity index is 835. The summed E-state index contributed by atoms with van der Waals surface area (Å²) in [6, 6.07) is 4.93. The van der Waals surface area contributed by atoms with Crippen molar-refractivity contribution in [3.05, 3.63) is 35.7 Å². The van der Waals surface area contributed by atoms with Gasteiger partial charge < -0.3 is 25.8 Å². The summed E-state index contributed by atoms with van der Waals surface area (Å²) in [5.41, 5.74) is 2.26. The third kappa shape index (κ3) is 1.47. The minimum absolute atomic E-state index is 0.152. The van der Waals surface area contributed by atoms with Gasteiger partial charge in [-0.05, 0) is 19.1 Å². The van der Waals surface area contributed by atoms with Gasteiger partial charge in [0.05, 0.1) is 0 Å². The zero-order valence-corrected chi connectivity index (χ0v) is 11.6. The van der Waals surface area contributed by atoms with E-state index in [4.69, 9.17) is 10.5 Å². The molecular formula is C13H13N5O4. The second-order valence-corrected chi connectivity index (χ2v) is 5.06. The summed E-state index contributed by atoms with van der Waals surface area (Å²) < 4.78 is 6.71. The number of rotatable bonds is 2. The predicted octanol–water partition coefficient (Wildman–Crippen LogP) is -0.427. The van der Waals surface area contributed by atoms with Crippen molar-refractivity contribution in [1.82, 2.24) is 14.6 Å². The van der Waals surface area contributed by atoms with Crippen LogP contribution in [-0.2, 0) is 10.3 Å². The van der Waals surface area contributed by atoms with Crippen molar-refractivity contribution in [3.8, 4) is 6.07 Å². The highest BCUT2D eigenvalue weighted by Gasteiger charge is 2.62. The van der Waals surface area contributed by atoms with Gasteiger partial charge in [0.1, 0.15) is 30.2 Å². The van der Waals surface area contributed by atoms with E-state index in [2.05, 4.69) is 10.1 Å². The van der Waals surface area contributed by atoms with E-state index in [1.54, 1.807) is 6.07 Å². The van der Waals surface area contributed by atoms with Gasteiger partial charge in [-0.3, -0.25) is 0 Å². The Kier molecular flexibility index (Phi) is 2.78. The largest absolute Gasteiger partial charge is 0.506 e. The summed E-state index contributed by atoms with van der Waals surface area (Å²) in [5, 5.41) is 43.5. The van der Waals surface area contributed by atoms with Crippen LogP contribution in [0, 0.1) is 11.3 Å².